The van der Waals surface area contributed by atoms with Crippen molar-refractivity contribution >= 4 is 29.9 Å². The summed E-state index contributed by atoms with van der Waals surface area (Å²) in [5.74, 6) is -0.194. The lowest BCUT2D eigenvalue weighted by Crippen LogP contribution is -2.40. The third-order valence-corrected chi connectivity index (χ3v) is 2.65. The van der Waals surface area contributed by atoms with Gasteiger partial charge in [0.25, 0.3) is 0 Å². The Morgan fingerprint density at radius 1 is 1.44 bits per heavy atom. The van der Waals surface area contributed by atoms with Crippen LogP contribution in [0, 0.1) is 0 Å². The standard InChI is InChI=1S/C12H17ClN2O2.ClH/c1-8(14)12(16)15-7-11(17-2)9-3-5-10(13)6-4-9;/h3-6,8,11H,7,14H2,1-2H3,(H,15,16);1H/t8-,11?;/m0./s1. The Balaban J connectivity index is 0.00000289. The zero-order chi connectivity index (χ0) is 12.8. The van der Waals surface area contributed by atoms with Crippen molar-refractivity contribution in [1.82, 2.24) is 5.32 Å². The summed E-state index contributed by atoms with van der Waals surface area (Å²) in [6.07, 6.45) is -0.199. The predicted octanol–water partition coefficient (Wildman–Crippen LogP) is 1.91. The molecule has 0 saturated carbocycles. The minimum atomic E-state index is -0.516. The van der Waals surface area contributed by atoms with Crippen LogP contribution >= 0.6 is 24.0 Å². The maximum absolute atomic E-state index is 11.3. The van der Waals surface area contributed by atoms with E-state index in [0.717, 1.165) is 5.56 Å². The molecular weight excluding hydrogens is 275 g/mol. The van der Waals surface area contributed by atoms with Crippen molar-refractivity contribution in [2.24, 2.45) is 5.73 Å². The second kappa shape index (κ2) is 8.32. The molecule has 1 aromatic carbocycles. The molecule has 0 bridgehead atoms. The molecule has 1 amide bonds. The van der Waals surface area contributed by atoms with Crippen molar-refractivity contribution in [2.75, 3.05) is 13.7 Å². The van der Waals surface area contributed by atoms with Crippen molar-refractivity contribution < 1.29 is 9.53 Å². The van der Waals surface area contributed by atoms with Gasteiger partial charge in [-0.2, -0.15) is 0 Å². The van der Waals surface area contributed by atoms with Gasteiger partial charge in [-0.15, -0.1) is 12.4 Å². The van der Waals surface area contributed by atoms with Crippen LogP contribution in [-0.4, -0.2) is 25.6 Å². The van der Waals surface area contributed by atoms with Crippen LogP contribution in [0.25, 0.3) is 0 Å². The van der Waals surface area contributed by atoms with Gasteiger partial charge in [-0.3, -0.25) is 4.79 Å². The lowest BCUT2D eigenvalue weighted by molar-refractivity contribution is -0.122. The van der Waals surface area contributed by atoms with E-state index in [-0.39, 0.29) is 24.4 Å². The Labute approximate surface area is 118 Å². The minimum absolute atomic E-state index is 0. The molecule has 0 aliphatic carbocycles. The highest BCUT2D eigenvalue weighted by molar-refractivity contribution is 6.30. The Morgan fingerprint density at radius 3 is 2.44 bits per heavy atom. The van der Waals surface area contributed by atoms with E-state index >= 15 is 0 Å². The van der Waals surface area contributed by atoms with Gasteiger partial charge in [-0.1, -0.05) is 23.7 Å². The fourth-order valence-electron chi connectivity index (χ4n) is 1.37. The fourth-order valence-corrected chi connectivity index (χ4v) is 1.49. The zero-order valence-corrected chi connectivity index (χ0v) is 11.9. The largest absolute Gasteiger partial charge is 0.375 e. The SMILES string of the molecule is COC(CNC(=O)[C@H](C)N)c1ccc(Cl)cc1.Cl. The van der Waals surface area contributed by atoms with Crippen LogP contribution in [0.15, 0.2) is 24.3 Å². The van der Waals surface area contributed by atoms with Gasteiger partial charge in [0, 0.05) is 18.7 Å². The van der Waals surface area contributed by atoms with Crippen molar-refractivity contribution in [3.8, 4) is 0 Å². The summed E-state index contributed by atoms with van der Waals surface area (Å²) >= 11 is 5.80. The number of hydrogen-bond acceptors (Lipinski definition) is 3. The molecule has 3 N–H and O–H groups in total. The molecule has 102 valence electrons. The summed E-state index contributed by atoms with van der Waals surface area (Å²) in [6.45, 7) is 2.03. The van der Waals surface area contributed by atoms with Gasteiger partial charge in [0.15, 0.2) is 0 Å². The van der Waals surface area contributed by atoms with Gasteiger partial charge in [0.1, 0.15) is 0 Å². The Morgan fingerprint density at radius 2 is 2.00 bits per heavy atom. The van der Waals surface area contributed by atoms with E-state index in [1.807, 2.05) is 12.1 Å². The summed E-state index contributed by atoms with van der Waals surface area (Å²) in [5, 5.41) is 3.39. The Kier molecular flexibility index (Phi) is 7.95. The second-order valence-corrected chi connectivity index (χ2v) is 4.25. The van der Waals surface area contributed by atoms with Crippen molar-refractivity contribution in [2.45, 2.75) is 19.1 Å². The van der Waals surface area contributed by atoms with E-state index in [4.69, 9.17) is 22.1 Å². The van der Waals surface area contributed by atoms with E-state index < -0.39 is 6.04 Å². The molecular formula is C12H18Cl2N2O2. The Bertz CT molecular complexity index is 369. The Hall–Kier alpha value is -0.810. The van der Waals surface area contributed by atoms with Crippen LogP contribution < -0.4 is 11.1 Å². The molecule has 1 aromatic rings. The molecule has 6 heteroatoms. The van der Waals surface area contributed by atoms with Gasteiger partial charge in [-0.25, -0.2) is 0 Å². The monoisotopic (exact) mass is 292 g/mol. The van der Waals surface area contributed by atoms with Crippen LogP contribution in [0.3, 0.4) is 0 Å². The number of nitrogens with two attached hydrogens (primary N) is 1. The molecule has 4 nitrogen and oxygen atoms in total. The topological polar surface area (TPSA) is 64.3 Å². The molecule has 2 atom stereocenters. The maximum Gasteiger partial charge on any atom is 0.236 e. The highest BCUT2D eigenvalue weighted by atomic mass is 35.5. The third kappa shape index (κ3) is 5.23. The van der Waals surface area contributed by atoms with Gasteiger partial charge in [-0.05, 0) is 24.6 Å². The highest BCUT2D eigenvalue weighted by Gasteiger charge is 2.13. The number of carbonyl (C=O) groups excluding carboxylic acids is 1. The lowest BCUT2D eigenvalue weighted by Gasteiger charge is -2.17. The molecule has 0 radical (unpaired) electrons. The zero-order valence-electron chi connectivity index (χ0n) is 10.4. The van der Waals surface area contributed by atoms with Crippen LogP contribution in [-0.2, 0) is 9.53 Å². The van der Waals surface area contributed by atoms with Crippen molar-refractivity contribution in [3.63, 3.8) is 0 Å². The fraction of sp³-hybridized carbons (Fsp3) is 0.417. The number of ether oxygens (including phenoxy) is 1. The van der Waals surface area contributed by atoms with Gasteiger partial charge >= 0.3 is 0 Å². The molecule has 0 aliphatic rings. The van der Waals surface area contributed by atoms with Gasteiger partial charge in [0.05, 0.1) is 12.1 Å². The molecule has 0 aromatic heterocycles. The van der Waals surface area contributed by atoms with E-state index in [1.165, 1.54) is 0 Å². The van der Waals surface area contributed by atoms with Crippen LogP contribution in [0.2, 0.25) is 5.02 Å². The molecule has 18 heavy (non-hydrogen) atoms. The number of amides is 1. The molecule has 0 spiro atoms. The smallest absolute Gasteiger partial charge is 0.236 e. The summed E-state index contributed by atoms with van der Waals surface area (Å²) in [7, 11) is 1.59. The summed E-state index contributed by atoms with van der Waals surface area (Å²) in [4.78, 5) is 11.3. The number of rotatable bonds is 5. The summed E-state index contributed by atoms with van der Waals surface area (Å²) in [5.41, 5.74) is 6.41. The first-order valence-corrected chi connectivity index (χ1v) is 5.74. The van der Waals surface area contributed by atoms with E-state index in [1.54, 1.807) is 26.2 Å². The first-order chi connectivity index (χ1) is 8.04. The highest BCUT2D eigenvalue weighted by Crippen LogP contribution is 2.18. The van der Waals surface area contributed by atoms with E-state index in [2.05, 4.69) is 5.32 Å². The quantitative estimate of drug-likeness (QED) is 0.871. The van der Waals surface area contributed by atoms with Gasteiger partial charge < -0.3 is 15.8 Å². The molecule has 1 rings (SSSR count). The molecule has 0 heterocycles. The number of benzene rings is 1. The van der Waals surface area contributed by atoms with Crippen LogP contribution in [0.4, 0.5) is 0 Å². The summed E-state index contributed by atoms with van der Waals surface area (Å²) < 4.78 is 5.31. The molecule has 1 unspecified atom stereocenters. The van der Waals surface area contributed by atoms with E-state index in [0.29, 0.717) is 11.6 Å². The first-order valence-electron chi connectivity index (χ1n) is 5.36. The lowest BCUT2D eigenvalue weighted by atomic mass is 10.1. The maximum atomic E-state index is 11.3. The number of methoxy groups -OCH3 is 1. The van der Waals surface area contributed by atoms with Crippen molar-refractivity contribution in [1.29, 1.82) is 0 Å². The second-order valence-electron chi connectivity index (χ2n) is 3.81. The van der Waals surface area contributed by atoms with Gasteiger partial charge in [0.2, 0.25) is 5.91 Å². The predicted molar refractivity (Wildman–Crippen MR) is 75.1 cm³/mol. The average Bonchev–Trinajstić information content (AvgIpc) is 2.31. The van der Waals surface area contributed by atoms with E-state index in [9.17, 15) is 4.79 Å². The normalized spacial score (nSPS) is 13.3. The van der Waals surface area contributed by atoms with Crippen molar-refractivity contribution in [3.05, 3.63) is 34.9 Å². The number of halogens is 2. The molecule has 0 saturated heterocycles. The molecule has 0 fully saturated rings. The number of carbonyl (C=O) groups is 1. The average molecular weight is 293 g/mol. The number of hydrogen-bond donors (Lipinski definition) is 2. The molecule has 0 aliphatic heterocycles. The minimum Gasteiger partial charge on any atom is -0.375 e. The van der Waals surface area contributed by atoms with Crippen LogP contribution in [0.5, 0.6) is 0 Å². The number of nitrogens with one attached hydrogen (secondary N) is 1. The first kappa shape index (κ1) is 17.2. The summed E-state index contributed by atoms with van der Waals surface area (Å²) in [6, 6.07) is 6.80. The third-order valence-electron chi connectivity index (χ3n) is 2.40. The van der Waals surface area contributed by atoms with Crippen LogP contribution in [0.1, 0.15) is 18.6 Å².